The van der Waals surface area contributed by atoms with Gasteiger partial charge in [0.2, 0.25) is 0 Å². The van der Waals surface area contributed by atoms with Crippen LogP contribution >= 0.6 is 23.8 Å². The van der Waals surface area contributed by atoms with Crippen molar-refractivity contribution in [3.05, 3.63) is 27.7 Å². The minimum atomic E-state index is -0.422. The molecule has 0 aliphatic carbocycles. The molecule has 116 valence electrons. The minimum absolute atomic E-state index is 0.133. The Morgan fingerprint density at radius 1 is 1.33 bits per heavy atom. The monoisotopic (exact) mass is 328 g/mol. The Kier molecular flexibility index (Phi) is 5.10. The number of H-pyrrole nitrogens is 1. The number of halogens is 2. The van der Waals surface area contributed by atoms with E-state index in [1.54, 1.807) is 6.07 Å². The Bertz CT molecular complexity index is 687. The van der Waals surface area contributed by atoms with E-state index in [1.165, 1.54) is 25.3 Å². The predicted molar refractivity (Wildman–Crippen MR) is 90.0 cm³/mol. The maximum Gasteiger partial charge on any atom is 0.178 e. The average Bonchev–Trinajstić information content (AvgIpc) is 2.66. The van der Waals surface area contributed by atoms with Crippen molar-refractivity contribution in [1.82, 2.24) is 9.55 Å². The number of fused-ring (bicyclic) bond motifs is 1. The fourth-order valence-electron chi connectivity index (χ4n) is 2.67. The van der Waals surface area contributed by atoms with Gasteiger partial charge in [0, 0.05) is 12.6 Å². The van der Waals surface area contributed by atoms with Crippen LogP contribution in [0.3, 0.4) is 0 Å². The van der Waals surface area contributed by atoms with E-state index >= 15 is 0 Å². The predicted octanol–water partition coefficient (Wildman–Crippen LogP) is 6.10. The standard InChI is InChI=1S/C16H22ClFN2S/c1-4-5-6-7-16(2,3)10-20-14-8-11(17)12(18)9-13(14)19-15(20)21/h8-9H,4-7,10H2,1-3H3,(H,19,21). The first kappa shape index (κ1) is 16.5. The summed E-state index contributed by atoms with van der Waals surface area (Å²) in [7, 11) is 0. The van der Waals surface area contributed by atoms with E-state index in [0.717, 1.165) is 18.5 Å². The number of imidazole rings is 1. The topological polar surface area (TPSA) is 20.7 Å². The summed E-state index contributed by atoms with van der Waals surface area (Å²) in [5, 5.41) is 0.133. The zero-order chi connectivity index (χ0) is 15.6. The van der Waals surface area contributed by atoms with Gasteiger partial charge in [-0.3, -0.25) is 0 Å². The van der Waals surface area contributed by atoms with Crippen LogP contribution in [0.4, 0.5) is 4.39 Å². The molecular formula is C16H22ClFN2S. The lowest BCUT2D eigenvalue weighted by Gasteiger charge is -2.25. The van der Waals surface area contributed by atoms with E-state index in [0.29, 0.717) is 10.3 Å². The molecule has 0 saturated heterocycles. The molecule has 0 aliphatic heterocycles. The summed E-state index contributed by atoms with van der Waals surface area (Å²) in [6, 6.07) is 3.06. The van der Waals surface area contributed by atoms with Gasteiger partial charge in [0.05, 0.1) is 16.1 Å². The van der Waals surface area contributed by atoms with Crippen LogP contribution in [0.2, 0.25) is 5.02 Å². The molecule has 2 rings (SSSR count). The highest BCUT2D eigenvalue weighted by Crippen LogP contribution is 2.29. The third kappa shape index (κ3) is 3.86. The molecule has 1 heterocycles. The molecule has 0 fully saturated rings. The fraction of sp³-hybridized carbons (Fsp3) is 0.562. The van der Waals surface area contributed by atoms with E-state index < -0.39 is 5.82 Å². The summed E-state index contributed by atoms with van der Waals surface area (Å²) >= 11 is 11.3. The summed E-state index contributed by atoms with van der Waals surface area (Å²) in [5.41, 5.74) is 1.71. The van der Waals surface area contributed by atoms with Crippen molar-refractivity contribution in [2.45, 2.75) is 53.0 Å². The maximum absolute atomic E-state index is 13.5. The highest BCUT2D eigenvalue weighted by molar-refractivity contribution is 7.71. The number of nitrogens with zero attached hydrogens (tertiary/aromatic N) is 1. The number of aromatic nitrogens is 2. The van der Waals surface area contributed by atoms with Gasteiger partial charge in [-0.1, -0.05) is 51.6 Å². The molecule has 2 aromatic rings. The van der Waals surface area contributed by atoms with Gasteiger partial charge in [-0.25, -0.2) is 4.39 Å². The van der Waals surface area contributed by atoms with Gasteiger partial charge in [-0.15, -0.1) is 0 Å². The molecule has 0 unspecified atom stereocenters. The molecule has 0 amide bonds. The third-order valence-corrected chi connectivity index (χ3v) is 4.47. The van der Waals surface area contributed by atoms with E-state index in [9.17, 15) is 4.39 Å². The van der Waals surface area contributed by atoms with Gasteiger partial charge in [0.25, 0.3) is 0 Å². The van der Waals surface area contributed by atoms with Crippen LogP contribution < -0.4 is 0 Å². The minimum Gasteiger partial charge on any atom is -0.330 e. The lowest BCUT2D eigenvalue weighted by atomic mass is 9.87. The van der Waals surface area contributed by atoms with Crippen LogP contribution in [0.15, 0.2) is 12.1 Å². The summed E-state index contributed by atoms with van der Waals surface area (Å²) in [6.07, 6.45) is 4.83. The van der Waals surface area contributed by atoms with Gasteiger partial charge in [0.15, 0.2) is 4.77 Å². The summed E-state index contributed by atoms with van der Waals surface area (Å²) in [5.74, 6) is -0.422. The molecule has 0 spiro atoms. The molecular weight excluding hydrogens is 307 g/mol. The molecule has 0 radical (unpaired) electrons. The molecule has 1 N–H and O–H groups in total. The average molecular weight is 329 g/mol. The maximum atomic E-state index is 13.5. The van der Waals surface area contributed by atoms with E-state index in [4.69, 9.17) is 23.8 Å². The molecule has 0 saturated carbocycles. The molecule has 0 aliphatic rings. The number of hydrogen-bond acceptors (Lipinski definition) is 1. The van der Waals surface area contributed by atoms with Crippen LogP contribution in [0.25, 0.3) is 11.0 Å². The van der Waals surface area contributed by atoms with Crippen LogP contribution in [-0.4, -0.2) is 9.55 Å². The Labute approximate surface area is 135 Å². The molecule has 2 nitrogen and oxygen atoms in total. The first-order valence-electron chi connectivity index (χ1n) is 7.41. The van der Waals surface area contributed by atoms with Crippen molar-refractivity contribution in [2.75, 3.05) is 0 Å². The number of nitrogens with one attached hydrogen (secondary N) is 1. The SMILES string of the molecule is CCCCCC(C)(C)Cn1c(=S)[nH]c2cc(F)c(Cl)cc21. The Morgan fingerprint density at radius 2 is 2.05 bits per heavy atom. The molecule has 5 heteroatoms. The van der Waals surface area contributed by atoms with Crippen molar-refractivity contribution in [3.8, 4) is 0 Å². The van der Waals surface area contributed by atoms with Crippen molar-refractivity contribution in [3.63, 3.8) is 0 Å². The zero-order valence-electron chi connectivity index (χ0n) is 12.8. The smallest absolute Gasteiger partial charge is 0.178 e. The highest BCUT2D eigenvalue weighted by atomic mass is 35.5. The Hall–Kier alpha value is -0.870. The van der Waals surface area contributed by atoms with Crippen LogP contribution in [0.1, 0.15) is 46.5 Å². The normalized spacial score (nSPS) is 12.2. The lowest BCUT2D eigenvalue weighted by molar-refractivity contribution is 0.273. The lowest BCUT2D eigenvalue weighted by Crippen LogP contribution is -2.19. The van der Waals surface area contributed by atoms with Crippen molar-refractivity contribution >= 4 is 34.9 Å². The Morgan fingerprint density at radius 3 is 2.71 bits per heavy atom. The van der Waals surface area contributed by atoms with Gasteiger partial charge >= 0.3 is 0 Å². The first-order chi connectivity index (χ1) is 9.84. The number of hydrogen-bond donors (Lipinski definition) is 1. The summed E-state index contributed by atoms with van der Waals surface area (Å²) in [4.78, 5) is 3.06. The van der Waals surface area contributed by atoms with Crippen LogP contribution in [0.5, 0.6) is 0 Å². The van der Waals surface area contributed by atoms with E-state index in [-0.39, 0.29) is 10.4 Å². The first-order valence-corrected chi connectivity index (χ1v) is 8.20. The Balaban J connectivity index is 2.31. The number of aromatic amines is 1. The molecule has 21 heavy (non-hydrogen) atoms. The van der Waals surface area contributed by atoms with Crippen LogP contribution in [0, 0.1) is 16.0 Å². The van der Waals surface area contributed by atoms with Gasteiger partial charge in [-0.05, 0) is 30.1 Å². The van der Waals surface area contributed by atoms with Gasteiger partial charge in [-0.2, -0.15) is 0 Å². The summed E-state index contributed by atoms with van der Waals surface area (Å²) < 4.78 is 16.2. The van der Waals surface area contributed by atoms with Gasteiger partial charge in [0.1, 0.15) is 5.82 Å². The molecule has 1 aromatic carbocycles. The summed E-state index contributed by atoms with van der Waals surface area (Å²) in [6.45, 7) is 7.50. The molecule has 0 bridgehead atoms. The fourth-order valence-corrected chi connectivity index (χ4v) is 3.10. The van der Waals surface area contributed by atoms with Crippen molar-refractivity contribution in [2.24, 2.45) is 5.41 Å². The second kappa shape index (κ2) is 6.49. The van der Waals surface area contributed by atoms with Crippen molar-refractivity contribution in [1.29, 1.82) is 0 Å². The second-order valence-corrected chi connectivity index (χ2v) is 7.21. The number of rotatable bonds is 6. The van der Waals surface area contributed by atoms with Gasteiger partial charge < -0.3 is 9.55 Å². The van der Waals surface area contributed by atoms with E-state index in [2.05, 4.69) is 25.8 Å². The highest BCUT2D eigenvalue weighted by Gasteiger charge is 2.20. The van der Waals surface area contributed by atoms with Crippen molar-refractivity contribution < 1.29 is 4.39 Å². The second-order valence-electron chi connectivity index (χ2n) is 6.42. The molecule has 0 atom stereocenters. The number of benzene rings is 1. The van der Waals surface area contributed by atoms with E-state index in [1.807, 2.05) is 4.57 Å². The van der Waals surface area contributed by atoms with Crippen LogP contribution in [-0.2, 0) is 6.54 Å². The number of unbranched alkanes of at least 4 members (excludes halogenated alkanes) is 2. The molecule has 1 aromatic heterocycles. The zero-order valence-corrected chi connectivity index (χ0v) is 14.4. The quantitative estimate of drug-likeness (QED) is 0.502. The largest absolute Gasteiger partial charge is 0.330 e. The third-order valence-electron chi connectivity index (χ3n) is 3.86.